The van der Waals surface area contributed by atoms with Crippen LogP contribution in [0.5, 0.6) is 0 Å². The Morgan fingerprint density at radius 3 is 2.43 bits per heavy atom. The second-order valence-electron chi connectivity index (χ2n) is 2.70. The van der Waals surface area contributed by atoms with Crippen molar-refractivity contribution in [3.05, 3.63) is 48.1 Å². The van der Waals surface area contributed by atoms with Crippen LogP contribution in [0.25, 0.3) is 0 Å². The molecule has 0 aliphatic heterocycles. The van der Waals surface area contributed by atoms with E-state index in [0.717, 1.165) is 6.39 Å². The molecule has 0 radical (unpaired) electrons. The summed E-state index contributed by atoms with van der Waals surface area (Å²) in [5.74, 6) is -3.82. The van der Waals surface area contributed by atoms with Gasteiger partial charge in [0.15, 0.2) is 0 Å². The summed E-state index contributed by atoms with van der Waals surface area (Å²) in [6, 6.07) is 7.36. The van der Waals surface area contributed by atoms with Crippen molar-refractivity contribution >= 4 is 0 Å². The lowest BCUT2D eigenvalue weighted by Crippen LogP contribution is -2.16. The van der Waals surface area contributed by atoms with Crippen LogP contribution in [0.15, 0.2) is 41.2 Å². The Hall–Kier alpha value is -1.78. The highest BCUT2D eigenvalue weighted by Gasteiger charge is 2.38. The smallest absolute Gasteiger partial charge is 0.335 e. The second kappa shape index (κ2) is 3.17. The molecule has 1 aromatic carbocycles. The molecule has 0 aliphatic carbocycles. The van der Waals surface area contributed by atoms with Gasteiger partial charge in [0, 0.05) is 5.56 Å². The average Bonchev–Trinajstić information content (AvgIpc) is 2.72. The van der Waals surface area contributed by atoms with Crippen LogP contribution in [0.1, 0.15) is 11.4 Å². The Bertz CT molecular complexity index is 400. The lowest BCUT2D eigenvalue weighted by Gasteiger charge is -2.11. The Balaban J connectivity index is 2.43. The van der Waals surface area contributed by atoms with E-state index in [9.17, 15) is 8.78 Å². The molecule has 1 aromatic heterocycles. The number of hydrogen-bond donors (Lipinski definition) is 0. The summed E-state index contributed by atoms with van der Waals surface area (Å²) < 4.78 is 31.4. The molecule has 2 aromatic rings. The number of hydrogen-bond acceptors (Lipinski definition) is 3. The third-order valence-corrected chi connectivity index (χ3v) is 1.78. The van der Waals surface area contributed by atoms with Crippen molar-refractivity contribution in [1.82, 2.24) is 10.1 Å². The summed E-state index contributed by atoms with van der Waals surface area (Å²) in [6.45, 7) is 0. The zero-order valence-corrected chi connectivity index (χ0v) is 7.02. The monoisotopic (exact) mass is 196 g/mol. The van der Waals surface area contributed by atoms with Gasteiger partial charge in [0.1, 0.15) is 0 Å². The predicted octanol–water partition coefficient (Wildman–Crippen LogP) is 2.21. The molecule has 0 saturated heterocycles. The molecule has 0 N–H and O–H groups in total. The minimum atomic E-state index is -3.20. The molecule has 1 heterocycles. The molecule has 0 fully saturated rings. The summed E-state index contributed by atoms with van der Waals surface area (Å²) in [4.78, 5) is 3.34. The first kappa shape index (κ1) is 8.80. The number of aromatic nitrogens is 2. The van der Waals surface area contributed by atoms with E-state index < -0.39 is 11.7 Å². The lowest BCUT2D eigenvalue weighted by atomic mass is 10.1. The van der Waals surface area contributed by atoms with E-state index in [2.05, 4.69) is 14.7 Å². The fourth-order valence-corrected chi connectivity index (χ4v) is 1.09. The number of alkyl halides is 2. The predicted molar refractivity (Wildman–Crippen MR) is 43.7 cm³/mol. The molecule has 0 spiro atoms. The number of benzene rings is 1. The van der Waals surface area contributed by atoms with Crippen molar-refractivity contribution in [2.75, 3.05) is 0 Å². The van der Waals surface area contributed by atoms with Gasteiger partial charge >= 0.3 is 5.92 Å². The third-order valence-electron chi connectivity index (χ3n) is 1.78. The quantitative estimate of drug-likeness (QED) is 0.739. The summed E-state index contributed by atoms with van der Waals surface area (Å²) in [5.41, 5.74) is -0.151. The summed E-state index contributed by atoms with van der Waals surface area (Å²) in [5, 5.41) is 3.13. The fraction of sp³-hybridized carbons (Fsp3) is 0.111. The highest BCUT2D eigenvalue weighted by molar-refractivity contribution is 5.25. The van der Waals surface area contributed by atoms with Gasteiger partial charge in [-0.2, -0.15) is 13.8 Å². The lowest BCUT2D eigenvalue weighted by molar-refractivity contribution is 0.0304. The molecule has 5 heteroatoms. The van der Waals surface area contributed by atoms with E-state index in [1.54, 1.807) is 6.07 Å². The second-order valence-corrected chi connectivity index (χ2v) is 2.70. The van der Waals surface area contributed by atoms with Gasteiger partial charge in [-0.05, 0) is 0 Å². The van der Waals surface area contributed by atoms with Crippen molar-refractivity contribution in [3.63, 3.8) is 0 Å². The minimum absolute atomic E-state index is 0.151. The van der Waals surface area contributed by atoms with Gasteiger partial charge in [-0.25, -0.2) is 0 Å². The molecule has 0 bridgehead atoms. The average molecular weight is 196 g/mol. The number of rotatable bonds is 2. The van der Waals surface area contributed by atoms with E-state index in [-0.39, 0.29) is 5.56 Å². The van der Waals surface area contributed by atoms with Gasteiger partial charge in [-0.1, -0.05) is 35.5 Å². The van der Waals surface area contributed by atoms with E-state index in [0.29, 0.717) is 0 Å². The Labute approximate surface area is 78.4 Å². The van der Waals surface area contributed by atoms with Gasteiger partial charge in [0.05, 0.1) is 0 Å². The van der Waals surface area contributed by atoms with E-state index in [4.69, 9.17) is 0 Å². The van der Waals surface area contributed by atoms with Crippen LogP contribution in [0, 0.1) is 0 Å². The van der Waals surface area contributed by atoms with Crippen molar-refractivity contribution in [3.8, 4) is 0 Å². The fourth-order valence-electron chi connectivity index (χ4n) is 1.09. The van der Waals surface area contributed by atoms with Crippen molar-refractivity contribution in [2.24, 2.45) is 0 Å². The largest absolute Gasteiger partial charge is 0.343 e. The normalized spacial score (nSPS) is 11.6. The molecule has 3 nitrogen and oxygen atoms in total. The Morgan fingerprint density at radius 1 is 1.14 bits per heavy atom. The highest BCUT2D eigenvalue weighted by Crippen LogP contribution is 2.32. The van der Waals surface area contributed by atoms with E-state index >= 15 is 0 Å². The summed E-state index contributed by atoms with van der Waals surface area (Å²) in [6.07, 6.45) is 0.881. The van der Waals surface area contributed by atoms with Crippen LogP contribution in [-0.4, -0.2) is 10.1 Å². The van der Waals surface area contributed by atoms with Crippen molar-refractivity contribution in [2.45, 2.75) is 5.92 Å². The molecule has 0 atom stereocenters. The Morgan fingerprint density at radius 2 is 1.86 bits per heavy atom. The van der Waals surface area contributed by atoms with Crippen LogP contribution in [0.3, 0.4) is 0 Å². The first-order chi connectivity index (χ1) is 6.71. The number of halogens is 2. The molecule has 72 valence electrons. The van der Waals surface area contributed by atoms with Crippen molar-refractivity contribution < 1.29 is 13.3 Å². The van der Waals surface area contributed by atoms with E-state index in [1.165, 1.54) is 24.3 Å². The third kappa shape index (κ3) is 1.37. The van der Waals surface area contributed by atoms with Gasteiger partial charge in [0.2, 0.25) is 12.2 Å². The van der Waals surface area contributed by atoms with Gasteiger partial charge in [-0.15, -0.1) is 0 Å². The zero-order valence-electron chi connectivity index (χ0n) is 7.02. The molecule has 0 amide bonds. The molecule has 14 heavy (non-hydrogen) atoms. The van der Waals surface area contributed by atoms with Crippen LogP contribution < -0.4 is 0 Å². The highest BCUT2D eigenvalue weighted by atomic mass is 19.3. The maximum atomic E-state index is 13.5. The molecule has 0 saturated carbocycles. The first-order valence-electron chi connectivity index (χ1n) is 3.91. The number of nitrogens with zero attached hydrogens (tertiary/aromatic N) is 2. The standard InChI is InChI=1S/C9H6F2N2O/c10-9(11,8-12-6-14-13-8)7-4-2-1-3-5-7/h1-6H. The SMILES string of the molecule is FC(F)(c1ccccc1)c1ncon1. The van der Waals surface area contributed by atoms with Crippen LogP contribution in [0.2, 0.25) is 0 Å². The molecular weight excluding hydrogens is 190 g/mol. The first-order valence-corrected chi connectivity index (χ1v) is 3.91. The van der Waals surface area contributed by atoms with E-state index in [1.807, 2.05) is 0 Å². The molecule has 0 aliphatic rings. The minimum Gasteiger partial charge on any atom is -0.343 e. The maximum Gasteiger partial charge on any atom is 0.335 e. The topological polar surface area (TPSA) is 38.9 Å². The van der Waals surface area contributed by atoms with Crippen molar-refractivity contribution in [1.29, 1.82) is 0 Å². The summed E-state index contributed by atoms with van der Waals surface area (Å²) >= 11 is 0. The van der Waals surface area contributed by atoms with Crippen LogP contribution in [0.4, 0.5) is 8.78 Å². The van der Waals surface area contributed by atoms with Crippen LogP contribution in [-0.2, 0) is 5.92 Å². The van der Waals surface area contributed by atoms with Gasteiger partial charge < -0.3 is 4.52 Å². The molecule has 2 rings (SSSR count). The van der Waals surface area contributed by atoms with Gasteiger partial charge in [0.25, 0.3) is 0 Å². The van der Waals surface area contributed by atoms with Crippen LogP contribution >= 0.6 is 0 Å². The maximum absolute atomic E-state index is 13.5. The molecule has 0 unspecified atom stereocenters. The van der Waals surface area contributed by atoms with Gasteiger partial charge in [-0.3, -0.25) is 0 Å². The Kier molecular flexibility index (Phi) is 1.99. The zero-order chi connectivity index (χ0) is 10.0. The summed E-state index contributed by atoms with van der Waals surface area (Å²) in [7, 11) is 0. The molecular formula is C9H6F2N2O.